The van der Waals surface area contributed by atoms with E-state index in [9.17, 15) is 4.79 Å². The van der Waals surface area contributed by atoms with Crippen LogP contribution in [0.2, 0.25) is 5.02 Å². The van der Waals surface area contributed by atoms with Crippen LogP contribution in [0.4, 0.5) is 5.69 Å². The van der Waals surface area contributed by atoms with E-state index in [1.54, 1.807) is 18.2 Å². The van der Waals surface area contributed by atoms with E-state index in [-0.39, 0.29) is 11.9 Å². The molecule has 1 aromatic carbocycles. The van der Waals surface area contributed by atoms with E-state index in [0.717, 1.165) is 6.54 Å². The third-order valence-corrected chi connectivity index (χ3v) is 2.98. The van der Waals surface area contributed by atoms with Crippen LogP contribution in [0, 0.1) is 5.92 Å². The molecular formula is C14H21ClN2O. The summed E-state index contributed by atoms with van der Waals surface area (Å²) in [6.45, 7) is 8.91. The zero-order valence-electron chi connectivity index (χ0n) is 11.4. The predicted molar refractivity (Wildman–Crippen MR) is 76.9 cm³/mol. The lowest BCUT2D eigenvalue weighted by Gasteiger charge is -2.29. The summed E-state index contributed by atoms with van der Waals surface area (Å²) in [6.07, 6.45) is 0. The van der Waals surface area contributed by atoms with Crippen LogP contribution in [0.5, 0.6) is 0 Å². The third kappa shape index (κ3) is 3.64. The fourth-order valence-corrected chi connectivity index (χ4v) is 2.05. The Labute approximate surface area is 114 Å². The van der Waals surface area contributed by atoms with E-state index in [0.29, 0.717) is 22.2 Å². The standard InChI is InChI=1S/C14H21ClN2O/c1-9(2)8-17(10(3)4)14(18)12-6-5-11(16)7-13(12)15/h5-7,9-10H,8,16H2,1-4H3. The molecule has 0 aliphatic carbocycles. The summed E-state index contributed by atoms with van der Waals surface area (Å²) >= 11 is 6.08. The Morgan fingerprint density at radius 2 is 1.94 bits per heavy atom. The number of anilines is 1. The van der Waals surface area contributed by atoms with Crippen molar-refractivity contribution in [3.63, 3.8) is 0 Å². The van der Waals surface area contributed by atoms with Crippen LogP contribution < -0.4 is 5.73 Å². The number of benzene rings is 1. The molecule has 0 unspecified atom stereocenters. The van der Waals surface area contributed by atoms with Crippen LogP contribution in [-0.2, 0) is 0 Å². The Bertz CT molecular complexity index is 430. The molecule has 0 spiro atoms. The molecule has 0 aliphatic heterocycles. The maximum Gasteiger partial charge on any atom is 0.255 e. The zero-order valence-corrected chi connectivity index (χ0v) is 12.2. The van der Waals surface area contributed by atoms with E-state index < -0.39 is 0 Å². The molecule has 1 amide bonds. The van der Waals surface area contributed by atoms with Crippen LogP contribution in [0.3, 0.4) is 0 Å². The monoisotopic (exact) mass is 268 g/mol. The molecule has 0 fully saturated rings. The summed E-state index contributed by atoms with van der Waals surface area (Å²) in [4.78, 5) is 14.3. The first-order chi connectivity index (χ1) is 8.32. The minimum absolute atomic E-state index is 0.0382. The highest BCUT2D eigenvalue weighted by Crippen LogP contribution is 2.22. The average molecular weight is 269 g/mol. The van der Waals surface area contributed by atoms with Crippen molar-refractivity contribution >= 4 is 23.2 Å². The second kappa shape index (κ2) is 6.10. The van der Waals surface area contributed by atoms with Crippen LogP contribution in [0.15, 0.2) is 18.2 Å². The first-order valence-electron chi connectivity index (χ1n) is 6.19. The van der Waals surface area contributed by atoms with E-state index in [4.69, 9.17) is 17.3 Å². The predicted octanol–water partition coefficient (Wildman–Crippen LogP) is 3.43. The SMILES string of the molecule is CC(C)CN(C(=O)c1ccc(N)cc1Cl)C(C)C. The summed E-state index contributed by atoms with van der Waals surface area (Å²) in [7, 11) is 0. The molecule has 0 radical (unpaired) electrons. The first-order valence-corrected chi connectivity index (χ1v) is 6.56. The lowest BCUT2D eigenvalue weighted by atomic mass is 10.1. The third-order valence-electron chi connectivity index (χ3n) is 2.67. The maximum absolute atomic E-state index is 12.5. The number of carbonyl (C=O) groups excluding carboxylic acids is 1. The van der Waals surface area contributed by atoms with Gasteiger partial charge in [0.25, 0.3) is 5.91 Å². The van der Waals surface area contributed by atoms with Gasteiger partial charge in [0.15, 0.2) is 0 Å². The Balaban J connectivity index is 3.02. The maximum atomic E-state index is 12.5. The van der Waals surface area contributed by atoms with E-state index in [1.807, 2.05) is 18.7 Å². The van der Waals surface area contributed by atoms with E-state index >= 15 is 0 Å². The van der Waals surface area contributed by atoms with E-state index in [1.165, 1.54) is 0 Å². The smallest absolute Gasteiger partial charge is 0.255 e. The van der Waals surface area contributed by atoms with Gasteiger partial charge in [-0.2, -0.15) is 0 Å². The molecule has 0 saturated carbocycles. The van der Waals surface area contributed by atoms with Gasteiger partial charge in [-0.1, -0.05) is 25.4 Å². The molecule has 100 valence electrons. The minimum atomic E-state index is -0.0382. The number of amides is 1. The average Bonchev–Trinajstić information content (AvgIpc) is 2.24. The van der Waals surface area contributed by atoms with Crippen molar-refractivity contribution in [2.45, 2.75) is 33.7 Å². The molecule has 0 saturated heterocycles. The van der Waals surface area contributed by atoms with Gasteiger partial charge < -0.3 is 10.6 Å². The molecule has 3 nitrogen and oxygen atoms in total. The quantitative estimate of drug-likeness (QED) is 0.851. The van der Waals surface area contributed by atoms with Gasteiger partial charge in [-0.3, -0.25) is 4.79 Å². The topological polar surface area (TPSA) is 46.3 Å². The van der Waals surface area contributed by atoms with Crippen LogP contribution >= 0.6 is 11.6 Å². The van der Waals surface area contributed by atoms with Gasteiger partial charge in [0.2, 0.25) is 0 Å². The van der Waals surface area contributed by atoms with Crippen molar-refractivity contribution in [1.29, 1.82) is 0 Å². The van der Waals surface area contributed by atoms with Crippen LogP contribution in [-0.4, -0.2) is 23.4 Å². The number of halogens is 1. The van der Waals surface area contributed by atoms with Gasteiger partial charge in [-0.05, 0) is 38.0 Å². The minimum Gasteiger partial charge on any atom is -0.399 e. The van der Waals surface area contributed by atoms with Crippen LogP contribution in [0.25, 0.3) is 0 Å². The molecule has 1 rings (SSSR count). The fourth-order valence-electron chi connectivity index (χ4n) is 1.78. The summed E-state index contributed by atoms with van der Waals surface area (Å²) < 4.78 is 0. The lowest BCUT2D eigenvalue weighted by molar-refractivity contribution is 0.0682. The molecule has 0 heterocycles. The Kier molecular flexibility index (Phi) is 5.03. The van der Waals surface area contributed by atoms with Crippen molar-refractivity contribution in [3.05, 3.63) is 28.8 Å². The Morgan fingerprint density at radius 3 is 2.39 bits per heavy atom. The number of nitrogens with zero attached hydrogens (tertiary/aromatic N) is 1. The molecular weight excluding hydrogens is 248 g/mol. The largest absolute Gasteiger partial charge is 0.399 e. The lowest BCUT2D eigenvalue weighted by Crippen LogP contribution is -2.39. The second-order valence-electron chi connectivity index (χ2n) is 5.18. The molecule has 0 bridgehead atoms. The second-order valence-corrected chi connectivity index (χ2v) is 5.59. The van der Waals surface area contributed by atoms with Crippen molar-refractivity contribution in [1.82, 2.24) is 4.90 Å². The van der Waals surface area contributed by atoms with Crippen molar-refractivity contribution in [2.24, 2.45) is 5.92 Å². The number of nitrogens with two attached hydrogens (primary N) is 1. The molecule has 1 aromatic rings. The van der Waals surface area contributed by atoms with E-state index in [2.05, 4.69) is 13.8 Å². The van der Waals surface area contributed by atoms with Gasteiger partial charge in [0.05, 0.1) is 10.6 Å². The molecule has 0 aromatic heterocycles. The number of nitrogen functional groups attached to an aromatic ring is 1. The summed E-state index contributed by atoms with van der Waals surface area (Å²) in [6, 6.07) is 5.15. The highest BCUT2D eigenvalue weighted by Gasteiger charge is 2.21. The number of carbonyl (C=O) groups is 1. The summed E-state index contributed by atoms with van der Waals surface area (Å²) in [5, 5.41) is 0.411. The number of hydrogen-bond acceptors (Lipinski definition) is 2. The van der Waals surface area contributed by atoms with Gasteiger partial charge in [-0.15, -0.1) is 0 Å². The van der Waals surface area contributed by atoms with Crippen LogP contribution in [0.1, 0.15) is 38.1 Å². The van der Waals surface area contributed by atoms with Gasteiger partial charge in [-0.25, -0.2) is 0 Å². The number of rotatable bonds is 4. The van der Waals surface area contributed by atoms with Crippen molar-refractivity contribution < 1.29 is 4.79 Å². The Hall–Kier alpha value is -1.22. The fraction of sp³-hybridized carbons (Fsp3) is 0.500. The highest BCUT2D eigenvalue weighted by atomic mass is 35.5. The van der Waals surface area contributed by atoms with Gasteiger partial charge >= 0.3 is 0 Å². The highest BCUT2D eigenvalue weighted by molar-refractivity contribution is 6.34. The van der Waals surface area contributed by atoms with Crippen molar-refractivity contribution in [3.8, 4) is 0 Å². The molecule has 0 atom stereocenters. The summed E-state index contributed by atoms with van der Waals surface area (Å²) in [5.74, 6) is 0.382. The zero-order chi connectivity index (χ0) is 13.9. The van der Waals surface area contributed by atoms with Gasteiger partial charge in [0, 0.05) is 18.3 Å². The van der Waals surface area contributed by atoms with Gasteiger partial charge in [0.1, 0.15) is 0 Å². The molecule has 0 aliphatic rings. The summed E-state index contributed by atoms with van der Waals surface area (Å²) in [5.41, 5.74) is 6.72. The first kappa shape index (κ1) is 14.8. The molecule has 2 N–H and O–H groups in total. The molecule has 18 heavy (non-hydrogen) atoms. The Morgan fingerprint density at radius 1 is 1.33 bits per heavy atom. The number of hydrogen-bond donors (Lipinski definition) is 1. The molecule has 4 heteroatoms. The van der Waals surface area contributed by atoms with Crippen molar-refractivity contribution in [2.75, 3.05) is 12.3 Å². The normalized spacial score (nSPS) is 11.1.